The Hall–Kier alpha value is -2.37. The molecule has 1 fully saturated rings. The molecule has 0 radical (unpaired) electrons. The van der Waals surface area contributed by atoms with Gasteiger partial charge < -0.3 is 14.6 Å². The summed E-state index contributed by atoms with van der Waals surface area (Å²) in [5.41, 5.74) is 0.234. The van der Waals surface area contributed by atoms with Crippen LogP contribution in [0.5, 0.6) is 0 Å². The van der Waals surface area contributed by atoms with Gasteiger partial charge in [-0.1, -0.05) is 12.8 Å². The fourth-order valence-corrected chi connectivity index (χ4v) is 3.09. The molecule has 2 amide bonds. The van der Waals surface area contributed by atoms with Crippen LogP contribution < -0.4 is 5.32 Å². The van der Waals surface area contributed by atoms with E-state index >= 15 is 0 Å². The molecule has 3 rings (SSSR count). The molecule has 0 aliphatic heterocycles. The first kappa shape index (κ1) is 16.5. The number of aryl methyl sites for hydroxylation is 1. The Morgan fingerprint density at radius 2 is 1.96 bits per heavy atom. The van der Waals surface area contributed by atoms with Gasteiger partial charge in [-0.05, 0) is 44.0 Å². The van der Waals surface area contributed by atoms with Crippen LogP contribution in [0.25, 0.3) is 0 Å². The number of nitrogens with zero attached hydrogens (tertiary/aromatic N) is 1. The van der Waals surface area contributed by atoms with Crippen LogP contribution in [0, 0.1) is 18.6 Å². The summed E-state index contributed by atoms with van der Waals surface area (Å²) >= 11 is 0. The molecule has 1 saturated carbocycles. The van der Waals surface area contributed by atoms with Crippen molar-refractivity contribution in [2.45, 2.75) is 45.2 Å². The highest BCUT2D eigenvalue weighted by atomic mass is 19.2. The lowest BCUT2D eigenvalue weighted by molar-refractivity contribution is 0.178. The third-order valence-electron chi connectivity index (χ3n) is 4.32. The van der Waals surface area contributed by atoms with E-state index in [-0.39, 0.29) is 17.8 Å². The molecule has 1 N–H and O–H groups in total. The van der Waals surface area contributed by atoms with Crippen LogP contribution in [-0.4, -0.2) is 17.0 Å². The molecule has 2 aromatic rings. The minimum Gasteiger partial charge on any atom is -0.464 e. The van der Waals surface area contributed by atoms with Gasteiger partial charge in [-0.15, -0.1) is 0 Å². The van der Waals surface area contributed by atoms with Crippen LogP contribution in [0.1, 0.15) is 37.2 Å². The molecule has 1 aromatic carbocycles. The highest BCUT2D eigenvalue weighted by molar-refractivity contribution is 5.89. The van der Waals surface area contributed by atoms with Crippen molar-refractivity contribution in [3.05, 3.63) is 53.5 Å². The molecule has 0 saturated heterocycles. The summed E-state index contributed by atoms with van der Waals surface area (Å²) in [6.45, 7) is 2.21. The number of anilines is 1. The minimum atomic E-state index is -0.984. The van der Waals surface area contributed by atoms with Crippen molar-refractivity contribution >= 4 is 11.7 Å². The fourth-order valence-electron chi connectivity index (χ4n) is 3.09. The Morgan fingerprint density at radius 3 is 2.58 bits per heavy atom. The lowest BCUT2D eigenvalue weighted by atomic mass is 10.2. The zero-order valence-corrected chi connectivity index (χ0v) is 13.5. The summed E-state index contributed by atoms with van der Waals surface area (Å²) in [6.07, 6.45) is 4.03. The predicted molar refractivity (Wildman–Crippen MR) is 86.6 cm³/mol. The molecule has 6 heteroatoms. The van der Waals surface area contributed by atoms with E-state index in [1.807, 2.05) is 19.1 Å². The highest BCUT2D eigenvalue weighted by Crippen LogP contribution is 2.26. The molecule has 0 bridgehead atoms. The van der Waals surface area contributed by atoms with Crippen LogP contribution in [0.3, 0.4) is 0 Å². The lowest BCUT2D eigenvalue weighted by Gasteiger charge is -2.28. The normalized spacial score (nSPS) is 14.8. The van der Waals surface area contributed by atoms with E-state index in [1.165, 1.54) is 6.07 Å². The first-order valence-electron chi connectivity index (χ1n) is 8.11. The van der Waals surface area contributed by atoms with Gasteiger partial charge in [0.15, 0.2) is 11.6 Å². The number of hydrogen-bond donors (Lipinski definition) is 1. The number of carbonyl (C=O) groups excluding carboxylic acids is 1. The Labute approximate surface area is 139 Å². The maximum atomic E-state index is 13.3. The number of nitrogens with one attached hydrogen (secondary N) is 1. The van der Waals surface area contributed by atoms with E-state index in [1.54, 1.807) is 4.90 Å². The molecule has 1 heterocycles. The average molecular weight is 334 g/mol. The lowest BCUT2D eigenvalue weighted by Crippen LogP contribution is -2.41. The summed E-state index contributed by atoms with van der Waals surface area (Å²) in [7, 11) is 0. The van der Waals surface area contributed by atoms with Gasteiger partial charge in [0, 0.05) is 17.8 Å². The Kier molecular flexibility index (Phi) is 4.83. The number of amides is 2. The Balaban J connectivity index is 1.75. The second kappa shape index (κ2) is 7.03. The number of halogens is 2. The quantitative estimate of drug-likeness (QED) is 0.869. The number of rotatable bonds is 4. The molecule has 0 atom stereocenters. The molecule has 0 spiro atoms. The first-order chi connectivity index (χ1) is 11.5. The van der Waals surface area contributed by atoms with Crippen molar-refractivity contribution in [1.29, 1.82) is 0 Å². The van der Waals surface area contributed by atoms with Crippen molar-refractivity contribution in [3.63, 3.8) is 0 Å². The van der Waals surface area contributed by atoms with Crippen LogP contribution in [0.2, 0.25) is 0 Å². The number of urea groups is 1. The van der Waals surface area contributed by atoms with Crippen molar-refractivity contribution in [2.75, 3.05) is 5.32 Å². The molecular formula is C18H20F2N2O2. The zero-order chi connectivity index (χ0) is 17.1. The molecule has 1 aromatic heterocycles. The molecule has 4 nitrogen and oxygen atoms in total. The zero-order valence-electron chi connectivity index (χ0n) is 13.5. The van der Waals surface area contributed by atoms with Crippen molar-refractivity contribution in [1.82, 2.24) is 4.90 Å². The second-order valence-corrected chi connectivity index (χ2v) is 6.14. The fraction of sp³-hybridized carbons (Fsp3) is 0.389. The smallest absolute Gasteiger partial charge is 0.322 e. The SMILES string of the molecule is Cc1ccc(CN(C(=O)Nc2ccc(F)c(F)c2)C2CCCC2)o1. The standard InChI is InChI=1S/C18H20F2N2O2/c1-12-6-8-15(24-12)11-22(14-4-2-3-5-14)18(23)21-13-7-9-16(19)17(20)10-13/h6-10,14H,2-5,11H2,1H3,(H,21,23). The summed E-state index contributed by atoms with van der Waals surface area (Å²) in [4.78, 5) is 14.4. The van der Waals surface area contributed by atoms with E-state index < -0.39 is 11.6 Å². The van der Waals surface area contributed by atoms with Crippen LogP contribution >= 0.6 is 0 Å². The summed E-state index contributed by atoms with van der Waals surface area (Å²) in [5.74, 6) is -0.425. The molecule has 0 unspecified atom stereocenters. The molecule has 24 heavy (non-hydrogen) atoms. The minimum absolute atomic E-state index is 0.126. The van der Waals surface area contributed by atoms with Crippen LogP contribution in [0.15, 0.2) is 34.7 Å². The van der Waals surface area contributed by atoms with Gasteiger partial charge in [-0.2, -0.15) is 0 Å². The van der Waals surface area contributed by atoms with Gasteiger partial charge in [0.05, 0.1) is 6.54 Å². The third kappa shape index (κ3) is 3.75. The van der Waals surface area contributed by atoms with E-state index in [2.05, 4.69) is 5.32 Å². The molecular weight excluding hydrogens is 314 g/mol. The van der Waals surface area contributed by atoms with E-state index in [0.717, 1.165) is 43.6 Å². The highest BCUT2D eigenvalue weighted by Gasteiger charge is 2.27. The van der Waals surface area contributed by atoms with Gasteiger partial charge in [-0.25, -0.2) is 13.6 Å². The largest absolute Gasteiger partial charge is 0.464 e. The number of carbonyl (C=O) groups is 1. The first-order valence-corrected chi connectivity index (χ1v) is 8.11. The topological polar surface area (TPSA) is 45.5 Å². The summed E-state index contributed by atoms with van der Waals surface area (Å²) < 4.78 is 31.9. The third-order valence-corrected chi connectivity index (χ3v) is 4.32. The molecule has 1 aliphatic rings. The molecule has 1 aliphatic carbocycles. The second-order valence-electron chi connectivity index (χ2n) is 6.14. The van der Waals surface area contributed by atoms with Gasteiger partial charge in [0.1, 0.15) is 11.5 Å². The van der Waals surface area contributed by atoms with Gasteiger partial charge in [-0.3, -0.25) is 0 Å². The van der Waals surface area contributed by atoms with Crippen LogP contribution in [0.4, 0.5) is 19.3 Å². The average Bonchev–Trinajstić information content (AvgIpc) is 3.20. The van der Waals surface area contributed by atoms with Crippen LogP contribution in [-0.2, 0) is 6.54 Å². The van der Waals surface area contributed by atoms with E-state index in [0.29, 0.717) is 12.3 Å². The van der Waals surface area contributed by atoms with E-state index in [4.69, 9.17) is 4.42 Å². The Morgan fingerprint density at radius 1 is 1.21 bits per heavy atom. The van der Waals surface area contributed by atoms with Crippen molar-refractivity contribution in [3.8, 4) is 0 Å². The number of benzene rings is 1. The van der Waals surface area contributed by atoms with Gasteiger partial charge in [0.2, 0.25) is 0 Å². The van der Waals surface area contributed by atoms with Gasteiger partial charge >= 0.3 is 6.03 Å². The Bertz CT molecular complexity index is 724. The summed E-state index contributed by atoms with van der Waals surface area (Å²) in [5, 5.41) is 2.65. The number of hydrogen-bond acceptors (Lipinski definition) is 2. The van der Waals surface area contributed by atoms with E-state index in [9.17, 15) is 13.6 Å². The van der Waals surface area contributed by atoms with Crippen molar-refractivity contribution in [2.24, 2.45) is 0 Å². The van der Waals surface area contributed by atoms with Crippen molar-refractivity contribution < 1.29 is 18.0 Å². The maximum absolute atomic E-state index is 13.3. The van der Waals surface area contributed by atoms with Gasteiger partial charge in [0.25, 0.3) is 0 Å². The maximum Gasteiger partial charge on any atom is 0.322 e. The summed E-state index contributed by atoms with van der Waals surface area (Å²) in [6, 6.07) is 6.83. The monoisotopic (exact) mass is 334 g/mol. The number of furan rings is 1. The molecule has 128 valence electrons. The predicted octanol–water partition coefficient (Wildman–Crippen LogP) is 4.84.